The van der Waals surface area contributed by atoms with Crippen molar-refractivity contribution in [1.29, 1.82) is 0 Å². The van der Waals surface area contributed by atoms with Gasteiger partial charge >= 0.3 is 0 Å². The summed E-state index contributed by atoms with van der Waals surface area (Å²) in [5.41, 5.74) is -2.72. The summed E-state index contributed by atoms with van der Waals surface area (Å²) >= 11 is 0. The van der Waals surface area contributed by atoms with Crippen molar-refractivity contribution >= 4 is 0 Å². The number of rotatable bonds is 19. The van der Waals surface area contributed by atoms with Gasteiger partial charge in [-0.05, 0) is 144 Å². The minimum absolute atomic E-state index is 0.146. The molecule has 436 valence electrons. The van der Waals surface area contributed by atoms with E-state index >= 15 is 0 Å². The topological polar surface area (TPSA) is 0 Å². The third-order valence-corrected chi connectivity index (χ3v) is 16.2. The van der Waals surface area contributed by atoms with Crippen LogP contribution in [0.25, 0.3) is 0 Å². The number of hydrogen-bond donors (Lipinski definition) is 0. The maximum atomic E-state index is 13.6. The van der Waals surface area contributed by atoms with Gasteiger partial charge in [-0.25, -0.2) is 22.0 Å². The summed E-state index contributed by atoms with van der Waals surface area (Å²) in [5.74, 6) is 2.31. The highest BCUT2D eigenvalue weighted by Crippen LogP contribution is 2.43. The van der Waals surface area contributed by atoms with Crippen LogP contribution in [0.15, 0.2) is 0 Å². The Morgan fingerprint density at radius 3 is 0.671 bits per heavy atom. The molecule has 0 N–H and O–H groups in total. The van der Waals surface area contributed by atoms with Gasteiger partial charge in [-0.1, -0.05) is 252 Å². The first-order chi connectivity index (χ1) is 31.0. The molecule has 0 rings (SSSR count). The van der Waals surface area contributed by atoms with E-state index in [4.69, 9.17) is 0 Å². The molecule has 0 saturated heterocycles. The average molecular weight is 1020 g/mol. The Kier molecular flexibility index (Phi) is 51.6. The molecule has 3 atom stereocenters. The minimum atomic E-state index is -1.04. The van der Waals surface area contributed by atoms with Crippen LogP contribution < -0.4 is 0 Å². The third-order valence-electron chi connectivity index (χ3n) is 16.2. The van der Waals surface area contributed by atoms with Crippen molar-refractivity contribution in [1.82, 2.24) is 0 Å². The Labute approximate surface area is 444 Å². The highest BCUT2D eigenvalue weighted by atomic mass is 19.2. The van der Waals surface area contributed by atoms with Crippen molar-refractivity contribution in [2.24, 2.45) is 57.2 Å². The van der Waals surface area contributed by atoms with E-state index in [2.05, 4.69) is 145 Å². The number of alkyl halides is 5. The quantitative estimate of drug-likeness (QED) is 0.113. The molecule has 0 radical (unpaired) electrons. The molecule has 0 aliphatic carbocycles. The van der Waals surface area contributed by atoms with Gasteiger partial charge in [0, 0.05) is 0 Å². The average Bonchev–Trinajstić information content (AvgIpc) is 3.20. The second kappa shape index (κ2) is 41.8. The predicted molar refractivity (Wildman–Crippen MR) is 318 cm³/mol. The van der Waals surface area contributed by atoms with Gasteiger partial charge in [-0.15, -0.1) is 0 Å². The van der Waals surface area contributed by atoms with Gasteiger partial charge in [0.15, 0.2) is 0 Å². The first kappa shape index (κ1) is 86.4. The van der Waals surface area contributed by atoms with Crippen LogP contribution in [0.5, 0.6) is 0 Å². The van der Waals surface area contributed by atoms with Crippen molar-refractivity contribution in [2.45, 2.75) is 367 Å². The van der Waals surface area contributed by atoms with Crippen molar-refractivity contribution in [3.8, 4) is 0 Å². The van der Waals surface area contributed by atoms with Crippen LogP contribution in [-0.4, -0.2) is 28.3 Å². The van der Waals surface area contributed by atoms with E-state index in [1.807, 2.05) is 55.4 Å². The summed E-state index contributed by atoms with van der Waals surface area (Å²) in [6.45, 7) is 72.2. The monoisotopic (exact) mass is 1020 g/mol. The maximum Gasteiger partial charge on any atom is 0.110 e. The van der Waals surface area contributed by atoms with Crippen molar-refractivity contribution in [3.63, 3.8) is 0 Å². The molecular formula is C65H141F5. The van der Waals surface area contributed by atoms with Gasteiger partial charge in [0.25, 0.3) is 0 Å². The number of halogens is 5. The van der Waals surface area contributed by atoms with Crippen LogP contribution in [0, 0.1) is 57.2 Å². The highest BCUT2D eigenvalue weighted by Gasteiger charge is 2.35. The minimum Gasteiger partial charge on any atom is -0.244 e. The van der Waals surface area contributed by atoms with E-state index in [1.54, 1.807) is 41.5 Å². The van der Waals surface area contributed by atoms with Gasteiger partial charge in [0.05, 0.1) is 0 Å². The Bertz CT molecular complexity index is 1060. The lowest BCUT2D eigenvalue weighted by Crippen LogP contribution is -2.34. The molecule has 5 heteroatoms. The Hall–Kier alpha value is -0.350. The largest absolute Gasteiger partial charge is 0.244 e. The summed E-state index contributed by atoms with van der Waals surface area (Å²) in [7, 11) is 0. The lowest BCUT2D eigenvalue weighted by molar-refractivity contribution is 0.0561. The van der Waals surface area contributed by atoms with Crippen LogP contribution in [0.2, 0.25) is 0 Å². The number of hydrogen-bond acceptors (Lipinski definition) is 0. The first-order valence-electron chi connectivity index (χ1n) is 29.5. The van der Waals surface area contributed by atoms with Crippen LogP contribution >= 0.6 is 0 Å². The molecule has 70 heavy (non-hydrogen) atoms. The van der Waals surface area contributed by atoms with Crippen molar-refractivity contribution < 1.29 is 22.0 Å². The molecule has 0 aliphatic rings. The summed E-state index contributed by atoms with van der Waals surface area (Å²) in [5, 5.41) is 0. The van der Waals surface area contributed by atoms with E-state index in [1.165, 1.54) is 38.5 Å². The lowest BCUT2D eigenvalue weighted by Gasteiger charge is -2.40. The molecule has 0 saturated carbocycles. The molecule has 0 aliphatic heterocycles. The molecule has 0 heterocycles. The van der Waals surface area contributed by atoms with Crippen molar-refractivity contribution in [3.05, 3.63) is 0 Å². The lowest BCUT2D eigenvalue weighted by atomic mass is 9.65. The second-order valence-electron chi connectivity index (χ2n) is 26.9. The summed E-state index contributed by atoms with van der Waals surface area (Å²) in [4.78, 5) is 0. The SMILES string of the molecule is CC(C)C(C(C)C)C(C)(C)F.CCC(C)(CC)C(C)(C)C.CCC(C)(F)CC.CCC(CC)C(C)(C)C.CCC(CC)C(C)(F)CC.CCCC(C)(C)C.CCC[C@@](C)(F)CC.CC[C@](C)(F)C(C)C. The third kappa shape index (κ3) is 49.8. The molecule has 0 aromatic carbocycles. The first-order valence-corrected chi connectivity index (χ1v) is 29.5. The predicted octanol–water partition coefficient (Wildman–Crippen LogP) is 25.6. The zero-order valence-electron chi connectivity index (χ0n) is 55.5. The molecule has 0 aromatic heterocycles. The second-order valence-corrected chi connectivity index (χ2v) is 26.9. The molecule has 1 unspecified atom stereocenters. The Balaban J connectivity index is -0.000000105. The van der Waals surface area contributed by atoms with Crippen LogP contribution in [-0.2, 0) is 0 Å². The maximum absolute atomic E-state index is 13.6. The fourth-order valence-corrected chi connectivity index (χ4v) is 8.71. The zero-order valence-corrected chi connectivity index (χ0v) is 55.5. The summed E-state index contributed by atoms with van der Waals surface area (Å²) in [6.07, 6.45) is 14.6. The van der Waals surface area contributed by atoms with E-state index in [0.717, 1.165) is 25.2 Å². The van der Waals surface area contributed by atoms with E-state index in [-0.39, 0.29) is 17.8 Å². The van der Waals surface area contributed by atoms with E-state index < -0.39 is 28.3 Å². The summed E-state index contributed by atoms with van der Waals surface area (Å²) in [6, 6.07) is 0. The summed E-state index contributed by atoms with van der Waals surface area (Å²) < 4.78 is 65.4. The molecule has 0 nitrogen and oxygen atoms in total. The molecule has 0 fully saturated rings. The smallest absolute Gasteiger partial charge is 0.110 e. The van der Waals surface area contributed by atoms with Crippen LogP contribution in [0.1, 0.15) is 339 Å². The van der Waals surface area contributed by atoms with E-state index in [0.29, 0.717) is 72.0 Å². The van der Waals surface area contributed by atoms with Crippen LogP contribution in [0.3, 0.4) is 0 Å². The molecule has 0 bridgehead atoms. The Morgan fingerprint density at radius 1 is 0.343 bits per heavy atom. The van der Waals surface area contributed by atoms with Gasteiger partial charge < -0.3 is 0 Å². The zero-order chi connectivity index (χ0) is 58.6. The van der Waals surface area contributed by atoms with Gasteiger partial charge in [0.1, 0.15) is 28.3 Å². The standard InChI is InChI=1S/C10H21F.C10H22.C9H19F.C9H20.2C7H15F.C7H16.C6H13F/c1-7(2)9(8(3)4)10(5,6)11;1-7-10(6,8-2)9(3,4)5;1-5-8(6-2)9(4,10)7-3;1-6-8(7-2)9(3,4)5;1-5-7(4,8)6(2)3;1-4-6-7(3,8)5-2;1-5-6-7(2,3)4;1-4-6(3,7)5-2/h7-9H,1-6H3;7-8H2,1-6H3;8H,5-7H2,1-4H3;8H,6-7H2,1-5H3;6H,5H2,1-4H3;4-6H2,1-3H3;5-6H2,1-4H3;4-5H2,1-3H3/t;;;;2*7-;;/m....00../s1. The fourth-order valence-electron chi connectivity index (χ4n) is 8.71. The van der Waals surface area contributed by atoms with Crippen molar-refractivity contribution in [2.75, 3.05) is 0 Å². The Morgan fingerprint density at radius 2 is 0.643 bits per heavy atom. The van der Waals surface area contributed by atoms with Gasteiger partial charge in [-0.3, -0.25) is 0 Å². The van der Waals surface area contributed by atoms with Crippen LogP contribution in [0.4, 0.5) is 22.0 Å². The van der Waals surface area contributed by atoms with Gasteiger partial charge in [-0.2, -0.15) is 0 Å². The molecule has 0 aromatic rings. The molecular weight excluding hydrogens is 876 g/mol. The molecule has 0 spiro atoms. The normalized spacial score (nSPS) is 14.8. The van der Waals surface area contributed by atoms with E-state index in [9.17, 15) is 22.0 Å². The fraction of sp³-hybridized carbons (Fsp3) is 1.00. The highest BCUT2D eigenvalue weighted by molar-refractivity contribution is 4.84. The molecule has 0 amide bonds. The van der Waals surface area contributed by atoms with Gasteiger partial charge in [0.2, 0.25) is 0 Å².